The number of nitrogens with zero attached hydrogens (tertiary/aromatic N) is 3. The monoisotopic (exact) mass is 545 g/mol. The average Bonchev–Trinajstić information content (AvgIpc) is 3.43. The van der Waals surface area contributed by atoms with Crippen molar-refractivity contribution in [2.24, 2.45) is 0 Å². The van der Waals surface area contributed by atoms with Crippen molar-refractivity contribution in [3.63, 3.8) is 0 Å². The number of hydrogen-bond donors (Lipinski definition) is 0. The first-order chi connectivity index (χ1) is 17.9. The minimum Gasteiger partial charge on any atom is -0.492 e. The molecule has 3 aromatic carbocycles. The maximum atomic E-state index is 13.4. The van der Waals surface area contributed by atoms with Crippen molar-refractivity contribution >= 4 is 51.9 Å². The molecule has 0 aliphatic carbocycles. The number of amides is 1. The molecule has 0 bridgehead atoms. The van der Waals surface area contributed by atoms with Gasteiger partial charge in [-0.2, -0.15) is 5.10 Å². The summed E-state index contributed by atoms with van der Waals surface area (Å²) in [6.07, 6.45) is 3.78. The van der Waals surface area contributed by atoms with E-state index in [-0.39, 0.29) is 5.91 Å². The molecule has 1 aromatic heterocycles. The standard InChI is InChI=1S/C29H24ClN3O2S2/c1-3-35-25-14-13-21(15-24(25)30)27-22(18-33(31-27)23-7-5-4-6-8-23)16-26-28(34)32(29(36)37-26)17-20-11-9-19(2)10-12-20/h4-16,18H,3,17H2,1-2H3/b26-16-. The minimum absolute atomic E-state index is 0.112. The SMILES string of the molecule is CCOc1ccc(-c2nn(-c3ccccc3)cc2/C=C2\SC(=S)N(Cc3ccc(C)cc3)C2=O)cc1Cl. The number of aryl methyl sites for hydroxylation is 1. The summed E-state index contributed by atoms with van der Waals surface area (Å²) >= 11 is 13.4. The van der Waals surface area contributed by atoms with Crippen molar-refractivity contribution in [1.82, 2.24) is 14.7 Å². The molecule has 5 nitrogen and oxygen atoms in total. The first kappa shape index (κ1) is 25.3. The smallest absolute Gasteiger partial charge is 0.266 e. The van der Waals surface area contributed by atoms with Crippen LogP contribution in [0.25, 0.3) is 23.0 Å². The van der Waals surface area contributed by atoms with Crippen LogP contribution in [0.3, 0.4) is 0 Å². The van der Waals surface area contributed by atoms with Crippen LogP contribution < -0.4 is 4.74 Å². The van der Waals surface area contributed by atoms with Crippen molar-refractivity contribution < 1.29 is 9.53 Å². The van der Waals surface area contributed by atoms with E-state index in [1.165, 1.54) is 17.3 Å². The second-order valence-electron chi connectivity index (χ2n) is 8.54. The van der Waals surface area contributed by atoms with Gasteiger partial charge in [0.05, 0.1) is 28.8 Å². The average molecular weight is 546 g/mol. The Hall–Kier alpha value is -3.39. The summed E-state index contributed by atoms with van der Waals surface area (Å²) in [5.74, 6) is 0.507. The van der Waals surface area contributed by atoms with Crippen molar-refractivity contribution in [3.8, 4) is 22.7 Å². The highest BCUT2D eigenvalue weighted by Gasteiger charge is 2.32. The van der Waals surface area contributed by atoms with Crippen LogP contribution in [0.15, 0.2) is 83.9 Å². The zero-order chi connectivity index (χ0) is 25.9. The van der Waals surface area contributed by atoms with Crippen molar-refractivity contribution in [1.29, 1.82) is 0 Å². The summed E-state index contributed by atoms with van der Waals surface area (Å²) < 4.78 is 7.94. The van der Waals surface area contributed by atoms with Gasteiger partial charge >= 0.3 is 0 Å². The Kier molecular flexibility index (Phi) is 7.46. The lowest BCUT2D eigenvalue weighted by atomic mass is 10.1. The number of hydrogen-bond acceptors (Lipinski definition) is 5. The van der Waals surface area contributed by atoms with Gasteiger partial charge in [0.1, 0.15) is 15.8 Å². The van der Waals surface area contributed by atoms with Gasteiger partial charge in [0.2, 0.25) is 0 Å². The molecule has 186 valence electrons. The highest BCUT2D eigenvalue weighted by molar-refractivity contribution is 8.26. The predicted octanol–water partition coefficient (Wildman–Crippen LogP) is 7.30. The van der Waals surface area contributed by atoms with Crippen molar-refractivity contribution in [2.75, 3.05) is 6.61 Å². The van der Waals surface area contributed by atoms with Crippen LogP contribution in [0.2, 0.25) is 5.02 Å². The molecule has 4 aromatic rings. The van der Waals surface area contributed by atoms with E-state index in [0.717, 1.165) is 22.4 Å². The molecule has 2 heterocycles. The Balaban J connectivity index is 1.52. The van der Waals surface area contributed by atoms with E-state index in [9.17, 15) is 4.79 Å². The highest BCUT2D eigenvalue weighted by Crippen LogP contribution is 2.37. The van der Waals surface area contributed by atoms with Crippen LogP contribution in [0.1, 0.15) is 23.6 Å². The minimum atomic E-state index is -0.112. The number of carbonyl (C=O) groups is 1. The lowest BCUT2D eigenvalue weighted by Crippen LogP contribution is -2.27. The summed E-state index contributed by atoms with van der Waals surface area (Å²) in [6, 6.07) is 23.6. The first-order valence-corrected chi connectivity index (χ1v) is 13.4. The molecule has 37 heavy (non-hydrogen) atoms. The van der Waals surface area contributed by atoms with E-state index in [1.807, 2.05) is 98.9 Å². The predicted molar refractivity (Wildman–Crippen MR) is 155 cm³/mol. The molecule has 1 saturated heterocycles. The van der Waals surface area contributed by atoms with Gasteiger partial charge in [0, 0.05) is 17.3 Å². The molecule has 0 unspecified atom stereocenters. The molecular weight excluding hydrogens is 522 g/mol. The van der Waals surface area contributed by atoms with Crippen LogP contribution in [0, 0.1) is 6.92 Å². The summed E-state index contributed by atoms with van der Waals surface area (Å²) in [4.78, 5) is 15.6. The van der Waals surface area contributed by atoms with Crippen molar-refractivity contribution in [3.05, 3.63) is 106 Å². The number of aromatic nitrogens is 2. The topological polar surface area (TPSA) is 47.4 Å². The molecule has 0 radical (unpaired) electrons. The number of halogens is 1. The maximum absolute atomic E-state index is 13.4. The Morgan fingerprint density at radius 3 is 2.54 bits per heavy atom. The van der Waals surface area contributed by atoms with E-state index in [0.29, 0.717) is 38.8 Å². The normalized spacial score (nSPS) is 14.6. The van der Waals surface area contributed by atoms with E-state index >= 15 is 0 Å². The van der Waals surface area contributed by atoms with Gasteiger partial charge in [0.25, 0.3) is 5.91 Å². The second kappa shape index (κ2) is 10.9. The molecular formula is C29H24ClN3O2S2. The number of para-hydroxylation sites is 1. The Bertz CT molecular complexity index is 1500. The Morgan fingerprint density at radius 2 is 1.84 bits per heavy atom. The zero-order valence-electron chi connectivity index (χ0n) is 20.3. The Morgan fingerprint density at radius 1 is 1.08 bits per heavy atom. The molecule has 1 aliphatic rings. The third kappa shape index (κ3) is 5.49. The fraction of sp³-hybridized carbons (Fsp3) is 0.138. The van der Waals surface area contributed by atoms with Gasteiger partial charge in [-0.05, 0) is 55.8 Å². The number of benzene rings is 3. The van der Waals surface area contributed by atoms with Crippen LogP contribution in [0.5, 0.6) is 5.75 Å². The lowest BCUT2D eigenvalue weighted by Gasteiger charge is -2.14. The number of ether oxygens (including phenoxy) is 1. The van der Waals surface area contributed by atoms with E-state index in [4.69, 9.17) is 33.7 Å². The molecule has 1 aliphatic heterocycles. The van der Waals surface area contributed by atoms with Gasteiger partial charge in [0.15, 0.2) is 0 Å². The number of thioether (sulfide) groups is 1. The summed E-state index contributed by atoms with van der Waals surface area (Å²) in [7, 11) is 0. The quantitative estimate of drug-likeness (QED) is 0.180. The fourth-order valence-corrected chi connectivity index (χ4v) is 5.49. The second-order valence-corrected chi connectivity index (χ2v) is 10.6. The van der Waals surface area contributed by atoms with Gasteiger partial charge in [-0.1, -0.05) is 83.6 Å². The lowest BCUT2D eigenvalue weighted by molar-refractivity contribution is -0.122. The zero-order valence-corrected chi connectivity index (χ0v) is 22.7. The van der Waals surface area contributed by atoms with E-state index in [2.05, 4.69) is 0 Å². The first-order valence-electron chi connectivity index (χ1n) is 11.8. The number of rotatable bonds is 7. The third-order valence-electron chi connectivity index (χ3n) is 5.89. The summed E-state index contributed by atoms with van der Waals surface area (Å²) in [5, 5.41) is 5.36. The molecule has 0 atom stereocenters. The van der Waals surface area contributed by atoms with Gasteiger partial charge < -0.3 is 4.74 Å². The summed E-state index contributed by atoms with van der Waals surface area (Å²) in [6.45, 7) is 4.92. The largest absolute Gasteiger partial charge is 0.492 e. The van der Waals surface area contributed by atoms with E-state index in [1.54, 1.807) is 9.58 Å². The molecule has 1 fully saturated rings. The molecule has 0 N–H and O–H groups in total. The summed E-state index contributed by atoms with van der Waals surface area (Å²) in [5.41, 5.74) is 5.44. The molecule has 0 saturated carbocycles. The fourth-order valence-electron chi connectivity index (χ4n) is 4.00. The molecule has 8 heteroatoms. The Labute approximate surface area is 230 Å². The van der Waals surface area contributed by atoms with Gasteiger partial charge in [-0.3, -0.25) is 9.69 Å². The highest BCUT2D eigenvalue weighted by atomic mass is 35.5. The van der Waals surface area contributed by atoms with Crippen LogP contribution in [-0.4, -0.2) is 31.5 Å². The molecule has 5 rings (SSSR count). The number of thiocarbonyl (C=S) groups is 1. The van der Waals surface area contributed by atoms with Gasteiger partial charge in [-0.15, -0.1) is 0 Å². The van der Waals surface area contributed by atoms with Crippen LogP contribution >= 0.6 is 35.6 Å². The maximum Gasteiger partial charge on any atom is 0.266 e. The van der Waals surface area contributed by atoms with Gasteiger partial charge in [-0.25, -0.2) is 4.68 Å². The molecule has 0 spiro atoms. The number of carbonyl (C=O) groups excluding carboxylic acids is 1. The third-order valence-corrected chi connectivity index (χ3v) is 7.56. The van der Waals surface area contributed by atoms with Crippen LogP contribution in [0.4, 0.5) is 0 Å². The molecule has 1 amide bonds. The van der Waals surface area contributed by atoms with E-state index < -0.39 is 0 Å². The van der Waals surface area contributed by atoms with Crippen molar-refractivity contribution in [2.45, 2.75) is 20.4 Å². The van der Waals surface area contributed by atoms with Crippen LogP contribution in [-0.2, 0) is 11.3 Å².